The van der Waals surface area contributed by atoms with Crippen LogP contribution in [0.2, 0.25) is 0 Å². The standard InChI is InChI=1S/C19H24N2O3S/c1-15-10-12-16(13-11-15)14-20(2)19(22)18(21(3)25(4,23)24)17-8-6-5-7-9-17/h5-13,18H,14H2,1-4H3/t18-/m0/s1. The third-order valence-corrected chi connectivity index (χ3v) is 5.41. The van der Waals surface area contributed by atoms with E-state index in [-0.39, 0.29) is 5.91 Å². The highest BCUT2D eigenvalue weighted by Crippen LogP contribution is 2.24. The van der Waals surface area contributed by atoms with Gasteiger partial charge in [0.25, 0.3) is 0 Å². The zero-order valence-corrected chi connectivity index (χ0v) is 15.8. The van der Waals surface area contributed by atoms with E-state index in [1.165, 1.54) is 7.05 Å². The molecule has 0 aromatic heterocycles. The van der Waals surface area contributed by atoms with Gasteiger partial charge in [-0.1, -0.05) is 60.2 Å². The van der Waals surface area contributed by atoms with E-state index in [4.69, 9.17) is 0 Å². The molecule has 1 atom stereocenters. The highest BCUT2D eigenvalue weighted by Gasteiger charge is 2.32. The number of carbonyl (C=O) groups is 1. The molecule has 5 nitrogen and oxygen atoms in total. The molecule has 0 saturated carbocycles. The number of hydrogen-bond acceptors (Lipinski definition) is 3. The summed E-state index contributed by atoms with van der Waals surface area (Å²) in [5, 5.41) is 0. The number of amides is 1. The van der Waals surface area contributed by atoms with Crippen molar-refractivity contribution in [1.82, 2.24) is 9.21 Å². The van der Waals surface area contributed by atoms with Crippen molar-refractivity contribution in [2.75, 3.05) is 20.4 Å². The van der Waals surface area contributed by atoms with Crippen molar-refractivity contribution < 1.29 is 13.2 Å². The third-order valence-electron chi connectivity index (χ3n) is 4.15. The lowest BCUT2D eigenvalue weighted by Gasteiger charge is -2.29. The summed E-state index contributed by atoms with van der Waals surface area (Å²) >= 11 is 0. The summed E-state index contributed by atoms with van der Waals surface area (Å²) in [4.78, 5) is 14.6. The van der Waals surface area contributed by atoms with Crippen LogP contribution in [-0.4, -0.2) is 43.9 Å². The molecule has 0 N–H and O–H groups in total. The van der Waals surface area contributed by atoms with Gasteiger partial charge in [0.1, 0.15) is 6.04 Å². The van der Waals surface area contributed by atoms with Crippen molar-refractivity contribution in [2.45, 2.75) is 19.5 Å². The fourth-order valence-electron chi connectivity index (χ4n) is 2.59. The van der Waals surface area contributed by atoms with E-state index >= 15 is 0 Å². The van der Waals surface area contributed by atoms with Crippen LogP contribution in [0.4, 0.5) is 0 Å². The van der Waals surface area contributed by atoms with Crippen LogP contribution >= 0.6 is 0 Å². The minimum absolute atomic E-state index is 0.264. The molecule has 0 fully saturated rings. The van der Waals surface area contributed by atoms with Gasteiger partial charge in [0.2, 0.25) is 15.9 Å². The molecule has 0 radical (unpaired) electrons. The second kappa shape index (κ2) is 7.80. The highest BCUT2D eigenvalue weighted by molar-refractivity contribution is 7.88. The Kier molecular flexibility index (Phi) is 5.98. The lowest BCUT2D eigenvalue weighted by molar-refractivity contribution is -0.134. The number of likely N-dealkylation sites (N-methyl/N-ethyl adjacent to an activating group) is 2. The number of hydrogen-bond donors (Lipinski definition) is 0. The maximum absolute atomic E-state index is 13.0. The molecular formula is C19H24N2O3S. The Hall–Kier alpha value is -2.18. The molecule has 0 spiro atoms. The summed E-state index contributed by atoms with van der Waals surface area (Å²) in [6.07, 6.45) is 1.11. The van der Waals surface area contributed by atoms with Crippen molar-refractivity contribution in [3.05, 3.63) is 71.3 Å². The fraction of sp³-hybridized carbons (Fsp3) is 0.316. The Morgan fingerprint density at radius 1 is 1.00 bits per heavy atom. The van der Waals surface area contributed by atoms with Crippen molar-refractivity contribution in [1.29, 1.82) is 0 Å². The topological polar surface area (TPSA) is 57.7 Å². The van der Waals surface area contributed by atoms with Gasteiger partial charge in [-0.2, -0.15) is 4.31 Å². The van der Waals surface area contributed by atoms with E-state index in [1.807, 2.05) is 37.3 Å². The van der Waals surface area contributed by atoms with Crippen LogP contribution in [0.3, 0.4) is 0 Å². The first kappa shape index (κ1) is 19.1. The van der Waals surface area contributed by atoms with Gasteiger partial charge in [-0.25, -0.2) is 8.42 Å². The molecule has 134 valence electrons. The van der Waals surface area contributed by atoms with Crippen LogP contribution in [0, 0.1) is 6.92 Å². The van der Waals surface area contributed by atoms with Crippen LogP contribution in [0.15, 0.2) is 54.6 Å². The first-order chi connectivity index (χ1) is 11.7. The predicted octanol–water partition coefficient (Wildman–Crippen LogP) is 2.59. The van der Waals surface area contributed by atoms with Crippen molar-refractivity contribution in [3.8, 4) is 0 Å². The van der Waals surface area contributed by atoms with E-state index in [9.17, 15) is 13.2 Å². The van der Waals surface area contributed by atoms with Crippen LogP contribution in [0.5, 0.6) is 0 Å². The third kappa shape index (κ3) is 4.90. The first-order valence-corrected chi connectivity index (χ1v) is 9.83. The number of carbonyl (C=O) groups excluding carboxylic acids is 1. The minimum Gasteiger partial charge on any atom is -0.340 e. The van der Waals surface area contributed by atoms with Crippen LogP contribution < -0.4 is 0 Å². The summed E-state index contributed by atoms with van der Waals surface area (Å²) in [5.74, 6) is -0.264. The molecule has 2 rings (SSSR count). The van der Waals surface area contributed by atoms with E-state index in [0.717, 1.165) is 21.7 Å². The Labute approximate surface area is 149 Å². The summed E-state index contributed by atoms with van der Waals surface area (Å²) < 4.78 is 25.2. The fourth-order valence-corrected chi connectivity index (χ4v) is 3.18. The number of sulfonamides is 1. The maximum atomic E-state index is 13.0. The van der Waals surface area contributed by atoms with Gasteiger partial charge in [-0.15, -0.1) is 0 Å². The summed E-state index contributed by atoms with van der Waals surface area (Å²) in [5.41, 5.74) is 2.79. The average molecular weight is 360 g/mol. The highest BCUT2D eigenvalue weighted by atomic mass is 32.2. The number of benzene rings is 2. The molecule has 2 aromatic carbocycles. The summed E-state index contributed by atoms with van der Waals surface area (Å²) in [6.45, 7) is 2.42. The quantitative estimate of drug-likeness (QED) is 0.796. The molecule has 6 heteroatoms. The van der Waals surface area contributed by atoms with E-state index in [2.05, 4.69) is 0 Å². The van der Waals surface area contributed by atoms with Gasteiger partial charge in [0.05, 0.1) is 6.26 Å². The molecule has 2 aromatic rings. The zero-order chi connectivity index (χ0) is 18.6. The molecular weight excluding hydrogens is 336 g/mol. The normalized spacial score (nSPS) is 12.8. The molecule has 0 unspecified atom stereocenters. The Morgan fingerprint density at radius 2 is 1.56 bits per heavy atom. The van der Waals surface area contributed by atoms with E-state index in [1.54, 1.807) is 36.2 Å². The van der Waals surface area contributed by atoms with Gasteiger partial charge in [-0.3, -0.25) is 4.79 Å². The van der Waals surface area contributed by atoms with E-state index in [0.29, 0.717) is 12.1 Å². The van der Waals surface area contributed by atoms with Crippen LogP contribution in [0.1, 0.15) is 22.7 Å². The minimum atomic E-state index is -3.52. The Balaban J connectivity index is 2.29. The number of rotatable bonds is 6. The molecule has 0 bridgehead atoms. The molecule has 0 saturated heterocycles. The molecule has 0 aliphatic heterocycles. The predicted molar refractivity (Wildman–Crippen MR) is 99.4 cm³/mol. The van der Waals surface area contributed by atoms with Crippen molar-refractivity contribution in [3.63, 3.8) is 0 Å². The Bertz CT molecular complexity index is 818. The maximum Gasteiger partial charge on any atom is 0.245 e. The Morgan fingerprint density at radius 3 is 2.08 bits per heavy atom. The smallest absolute Gasteiger partial charge is 0.245 e. The largest absolute Gasteiger partial charge is 0.340 e. The zero-order valence-electron chi connectivity index (χ0n) is 15.0. The molecule has 0 aliphatic carbocycles. The number of aryl methyl sites for hydroxylation is 1. The lowest BCUT2D eigenvalue weighted by Crippen LogP contribution is -2.41. The van der Waals surface area contributed by atoms with Gasteiger partial charge < -0.3 is 4.90 Å². The van der Waals surface area contributed by atoms with Crippen LogP contribution in [0.25, 0.3) is 0 Å². The van der Waals surface area contributed by atoms with E-state index < -0.39 is 16.1 Å². The molecule has 0 heterocycles. The molecule has 0 aliphatic rings. The number of nitrogens with zero attached hydrogens (tertiary/aromatic N) is 2. The van der Waals surface area contributed by atoms with Gasteiger partial charge in [-0.05, 0) is 18.1 Å². The van der Waals surface area contributed by atoms with Crippen molar-refractivity contribution in [2.24, 2.45) is 0 Å². The monoisotopic (exact) mass is 360 g/mol. The van der Waals surface area contributed by atoms with Gasteiger partial charge in [0, 0.05) is 20.6 Å². The average Bonchev–Trinajstić information content (AvgIpc) is 2.57. The second-order valence-corrected chi connectivity index (χ2v) is 8.31. The molecule has 1 amide bonds. The second-order valence-electron chi connectivity index (χ2n) is 6.27. The van der Waals surface area contributed by atoms with Crippen molar-refractivity contribution >= 4 is 15.9 Å². The first-order valence-electron chi connectivity index (χ1n) is 7.98. The summed E-state index contributed by atoms with van der Waals surface area (Å²) in [7, 11) is -0.397. The van der Waals surface area contributed by atoms with Crippen LogP contribution in [-0.2, 0) is 21.4 Å². The summed E-state index contributed by atoms with van der Waals surface area (Å²) in [6, 6.07) is 16.0. The molecule has 25 heavy (non-hydrogen) atoms. The SMILES string of the molecule is Cc1ccc(CN(C)C(=O)[C@H](c2ccccc2)N(C)S(C)(=O)=O)cc1. The van der Waals surface area contributed by atoms with Gasteiger partial charge >= 0.3 is 0 Å². The van der Waals surface area contributed by atoms with Gasteiger partial charge in [0.15, 0.2) is 0 Å². The lowest BCUT2D eigenvalue weighted by atomic mass is 10.1.